The van der Waals surface area contributed by atoms with Gasteiger partial charge in [-0.2, -0.15) is 0 Å². The summed E-state index contributed by atoms with van der Waals surface area (Å²) in [5.74, 6) is 0.922. The second-order valence-corrected chi connectivity index (χ2v) is 8.35. The molecule has 31 heavy (non-hydrogen) atoms. The van der Waals surface area contributed by atoms with Gasteiger partial charge in [0, 0.05) is 39.0 Å². The van der Waals surface area contributed by atoms with Crippen LogP contribution in [0.3, 0.4) is 0 Å². The SMILES string of the molecule is CCCCn1c(=O)[nH]c(=O)c2c1nc(CCC(=O)NCCN(CC)CC)n2CC(C)C. The van der Waals surface area contributed by atoms with Gasteiger partial charge in [-0.05, 0) is 25.4 Å². The van der Waals surface area contributed by atoms with Gasteiger partial charge in [0.15, 0.2) is 11.2 Å². The maximum absolute atomic E-state index is 12.6. The zero-order valence-electron chi connectivity index (χ0n) is 19.7. The van der Waals surface area contributed by atoms with E-state index in [0.717, 1.165) is 32.5 Å². The van der Waals surface area contributed by atoms with Crippen LogP contribution in [0.25, 0.3) is 11.2 Å². The predicted octanol–water partition coefficient (Wildman–Crippen LogP) is 1.73. The molecule has 0 unspecified atom stereocenters. The Kier molecular flexibility index (Phi) is 9.48. The summed E-state index contributed by atoms with van der Waals surface area (Å²) in [6.45, 7) is 14.8. The van der Waals surface area contributed by atoms with Gasteiger partial charge in [-0.3, -0.25) is 19.1 Å². The summed E-state index contributed by atoms with van der Waals surface area (Å²) < 4.78 is 3.43. The van der Waals surface area contributed by atoms with Crippen LogP contribution in [0.1, 0.15) is 59.7 Å². The molecule has 9 heteroatoms. The van der Waals surface area contributed by atoms with Gasteiger partial charge in [0.2, 0.25) is 5.91 Å². The zero-order chi connectivity index (χ0) is 23.0. The van der Waals surface area contributed by atoms with Crippen molar-refractivity contribution in [2.45, 2.75) is 73.4 Å². The van der Waals surface area contributed by atoms with Crippen molar-refractivity contribution in [1.82, 2.24) is 29.3 Å². The first-order valence-corrected chi connectivity index (χ1v) is 11.5. The second-order valence-electron chi connectivity index (χ2n) is 8.35. The van der Waals surface area contributed by atoms with Crippen LogP contribution >= 0.6 is 0 Å². The molecule has 2 aromatic rings. The van der Waals surface area contributed by atoms with Crippen LogP contribution in [-0.2, 0) is 24.3 Å². The van der Waals surface area contributed by atoms with Gasteiger partial charge in [-0.15, -0.1) is 0 Å². The Balaban J connectivity index is 2.25. The van der Waals surface area contributed by atoms with Gasteiger partial charge >= 0.3 is 5.69 Å². The number of imidazole rings is 1. The number of H-pyrrole nitrogens is 1. The van der Waals surface area contributed by atoms with Crippen LogP contribution in [0.4, 0.5) is 0 Å². The predicted molar refractivity (Wildman–Crippen MR) is 123 cm³/mol. The summed E-state index contributed by atoms with van der Waals surface area (Å²) in [7, 11) is 0. The lowest BCUT2D eigenvalue weighted by atomic mass is 10.2. The minimum atomic E-state index is -0.430. The molecule has 0 aliphatic heterocycles. The number of amides is 1. The number of rotatable bonds is 13. The van der Waals surface area contributed by atoms with E-state index in [0.29, 0.717) is 43.0 Å². The first-order chi connectivity index (χ1) is 14.8. The third kappa shape index (κ3) is 6.53. The minimum Gasteiger partial charge on any atom is -0.355 e. The molecule has 9 nitrogen and oxygen atoms in total. The number of hydrogen-bond acceptors (Lipinski definition) is 5. The van der Waals surface area contributed by atoms with Gasteiger partial charge in [-0.1, -0.05) is 41.0 Å². The highest BCUT2D eigenvalue weighted by Crippen LogP contribution is 2.16. The third-order valence-electron chi connectivity index (χ3n) is 5.47. The van der Waals surface area contributed by atoms with Crippen molar-refractivity contribution in [3.05, 3.63) is 26.7 Å². The molecule has 0 saturated carbocycles. The molecule has 2 aromatic heterocycles. The maximum atomic E-state index is 12.6. The van der Waals surface area contributed by atoms with Crippen molar-refractivity contribution in [2.24, 2.45) is 5.92 Å². The molecule has 0 saturated heterocycles. The Hall–Kier alpha value is -2.42. The number of aryl methyl sites for hydroxylation is 2. The number of carbonyl (C=O) groups excluding carboxylic acids is 1. The number of unbranched alkanes of at least 4 members (excludes halogenated alkanes) is 1. The van der Waals surface area contributed by atoms with Crippen molar-refractivity contribution in [3.63, 3.8) is 0 Å². The number of hydrogen-bond donors (Lipinski definition) is 2. The Bertz CT molecular complexity index is 968. The lowest BCUT2D eigenvalue weighted by Gasteiger charge is -2.18. The molecule has 1 amide bonds. The second kappa shape index (κ2) is 11.8. The number of fused-ring (bicyclic) bond motifs is 1. The highest BCUT2D eigenvalue weighted by molar-refractivity contribution is 5.76. The summed E-state index contributed by atoms with van der Waals surface area (Å²) in [5.41, 5.74) is -0.0159. The van der Waals surface area contributed by atoms with Crippen molar-refractivity contribution in [1.29, 1.82) is 0 Å². The molecule has 2 heterocycles. The molecule has 0 aliphatic carbocycles. The molecule has 0 atom stereocenters. The summed E-state index contributed by atoms with van der Waals surface area (Å²) in [5, 5.41) is 2.97. The molecular formula is C22H38N6O3. The lowest BCUT2D eigenvalue weighted by Crippen LogP contribution is -2.35. The van der Waals surface area contributed by atoms with E-state index in [1.807, 2.05) is 4.57 Å². The molecule has 2 rings (SSSR count). The van der Waals surface area contributed by atoms with Gasteiger partial charge < -0.3 is 14.8 Å². The lowest BCUT2D eigenvalue weighted by molar-refractivity contribution is -0.121. The number of likely N-dealkylation sites (N-methyl/N-ethyl adjacent to an activating group) is 1. The van der Waals surface area contributed by atoms with Crippen molar-refractivity contribution in [2.75, 3.05) is 26.2 Å². The monoisotopic (exact) mass is 434 g/mol. The average Bonchev–Trinajstić information content (AvgIpc) is 3.07. The Morgan fingerprint density at radius 3 is 2.48 bits per heavy atom. The number of aromatic nitrogens is 4. The Labute approximate surface area is 183 Å². The summed E-state index contributed by atoms with van der Waals surface area (Å²) >= 11 is 0. The minimum absolute atomic E-state index is 0.0346. The van der Waals surface area contributed by atoms with Crippen LogP contribution in [0.5, 0.6) is 0 Å². The summed E-state index contributed by atoms with van der Waals surface area (Å²) in [6.07, 6.45) is 2.46. The molecule has 0 aliphatic rings. The van der Waals surface area contributed by atoms with E-state index < -0.39 is 11.2 Å². The topological polar surface area (TPSA) is 105 Å². The normalized spacial score (nSPS) is 11.7. The first kappa shape index (κ1) is 24.8. The van der Waals surface area contributed by atoms with E-state index >= 15 is 0 Å². The standard InChI is InChI=1S/C22H38N6O3/c1-6-9-13-27-20-19(21(30)25-22(27)31)28(15-16(4)5)17(24-20)10-11-18(29)23-12-14-26(7-2)8-3/h16H,6-15H2,1-5H3,(H,23,29)(H,25,30,31). The fourth-order valence-corrected chi connectivity index (χ4v) is 3.70. The average molecular weight is 435 g/mol. The van der Waals surface area contributed by atoms with Crippen LogP contribution in [0.2, 0.25) is 0 Å². The zero-order valence-corrected chi connectivity index (χ0v) is 19.7. The fourth-order valence-electron chi connectivity index (χ4n) is 3.70. The van der Waals surface area contributed by atoms with Crippen LogP contribution < -0.4 is 16.6 Å². The number of carbonyl (C=O) groups is 1. The molecule has 0 aromatic carbocycles. The fraction of sp³-hybridized carbons (Fsp3) is 0.727. The maximum Gasteiger partial charge on any atom is 0.330 e. The highest BCUT2D eigenvalue weighted by Gasteiger charge is 2.19. The van der Waals surface area contributed by atoms with Gasteiger partial charge in [0.25, 0.3) is 5.56 Å². The summed E-state index contributed by atoms with van der Waals surface area (Å²) in [6, 6.07) is 0. The Morgan fingerprint density at radius 2 is 1.87 bits per heavy atom. The third-order valence-corrected chi connectivity index (χ3v) is 5.47. The van der Waals surface area contributed by atoms with Crippen molar-refractivity contribution >= 4 is 17.1 Å². The van der Waals surface area contributed by atoms with E-state index in [9.17, 15) is 14.4 Å². The van der Waals surface area contributed by atoms with E-state index in [-0.39, 0.29) is 18.2 Å². The van der Waals surface area contributed by atoms with Gasteiger partial charge in [-0.25, -0.2) is 9.78 Å². The van der Waals surface area contributed by atoms with Crippen LogP contribution in [-0.4, -0.2) is 56.1 Å². The number of aromatic amines is 1. The molecule has 174 valence electrons. The molecule has 0 bridgehead atoms. The number of nitrogens with one attached hydrogen (secondary N) is 2. The summed E-state index contributed by atoms with van der Waals surface area (Å²) in [4.78, 5) is 46.7. The smallest absolute Gasteiger partial charge is 0.330 e. The van der Waals surface area contributed by atoms with Crippen LogP contribution in [0, 0.1) is 5.92 Å². The molecule has 0 radical (unpaired) electrons. The van der Waals surface area contributed by atoms with E-state index in [2.05, 4.69) is 54.8 Å². The first-order valence-electron chi connectivity index (χ1n) is 11.5. The van der Waals surface area contributed by atoms with Gasteiger partial charge in [0.05, 0.1) is 0 Å². The van der Waals surface area contributed by atoms with Gasteiger partial charge in [0.1, 0.15) is 5.82 Å². The van der Waals surface area contributed by atoms with E-state index in [4.69, 9.17) is 0 Å². The molecule has 2 N–H and O–H groups in total. The quantitative estimate of drug-likeness (QED) is 0.500. The van der Waals surface area contributed by atoms with Crippen molar-refractivity contribution < 1.29 is 4.79 Å². The number of nitrogens with zero attached hydrogens (tertiary/aromatic N) is 4. The molecular weight excluding hydrogens is 396 g/mol. The van der Waals surface area contributed by atoms with E-state index in [1.165, 1.54) is 0 Å². The largest absolute Gasteiger partial charge is 0.355 e. The molecule has 0 spiro atoms. The van der Waals surface area contributed by atoms with E-state index in [1.54, 1.807) is 4.57 Å². The highest BCUT2D eigenvalue weighted by atomic mass is 16.2. The van der Waals surface area contributed by atoms with Crippen molar-refractivity contribution in [3.8, 4) is 0 Å². The molecule has 0 fully saturated rings. The Morgan fingerprint density at radius 1 is 1.16 bits per heavy atom. The van der Waals surface area contributed by atoms with Crippen LogP contribution in [0.15, 0.2) is 9.59 Å².